The highest BCUT2D eigenvalue weighted by Crippen LogP contribution is 2.50. The Bertz CT molecular complexity index is 688. The number of esters is 1. The summed E-state index contributed by atoms with van der Waals surface area (Å²) in [4.78, 5) is 51.4. The highest BCUT2D eigenvalue weighted by molar-refractivity contribution is 5.91. The van der Waals surface area contributed by atoms with Gasteiger partial charge < -0.3 is 20.1 Å². The lowest BCUT2D eigenvalue weighted by Gasteiger charge is -2.31. The number of piperidine rings is 2. The van der Waals surface area contributed by atoms with Gasteiger partial charge in [-0.2, -0.15) is 0 Å². The van der Waals surface area contributed by atoms with E-state index in [4.69, 9.17) is 9.47 Å². The summed E-state index contributed by atoms with van der Waals surface area (Å²) >= 11 is 0. The van der Waals surface area contributed by atoms with Gasteiger partial charge in [0.05, 0.1) is 7.11 Å². The quantitative estimate of drug-likeness (QED) is 0.650. The highest BCUT2D eigenvalue weighted by atomic mass is 16.6. The number of fused-ring (bicyclic) bond motifs is 1. The molecule has 162 valence electrons. The molecule has 3 amide bonds. The summed E-state index contributed by atoms with van der Waals surface area (Å²) in [5.41, 5.74) is -0.659. The molecule has 0 aromatic carbocycles. The van der Waals surface area contributed by atoms with Gasteiger partial charge in [-0.25, -0.2) is 9.59 Å². The Balaban J connectivity index is 1.68. The zero-order valence-corrected chi connectivity index (χ0v) is 17.5. The average Bonchev–Trinajstić information content (AvgIpc) is 3.30. The Morgan fingerprint density at radius 1 is 1.31 bits per heavy atom. The van der Waals surface area contributed by atoms with E-state index in [0.29, 0.717) is 25.4 Å². The third kappa shape index (κ3) is 5.00. The van der Waals surface area contributed by atoms with E-state index in [-0.39, 0.29) is 24.2 Å². The Hall–Kier alpha value is -2.32. The maximum Gasteiger partial charge on any atom is 0.410 e. The number of hydrogen-bond donors (Lipinski definition) is 2. The lowest BCUT2D eigenvalue weighted by molar-refractivity contribution is -0.146. The number of carbonyl (C=O) groups excluding carboxylic acids is 4. The van der Waals surface area contributed by atoms with Gasteiger partial charge in [0.2, 0.25) is 11.8 Å². The number of nitrogens with one attached hydrogen (secondary N) is 2. The third-order valence-electron chi connectivity index (χ3n) is 5.77. The number of hydrogen-bond acceptors (Lipinski definition) is 6. The van der Waals surface area contributed by atoms with Crippen LogP contribution in [0.15, 0.2) is 0 Å². The molecule has 2 heterocycles. The summed E-state index contributed by atoms with van der Waals surface area (Å²) in [5.74, 6) is -1.08. The summed E-state index contributed by atoms with van der Waals surface area (Å²) in [5, 5.41) is 5.53. The predicted octanol–water partition coefficient (Wildman–Crippen LogP) is 0.816. The monoisotopic (exact) mass is 409 g/mol. The Kier molecular flexibility index (Phi) is 6.05. The van der Waals surface area contributed by atoms with Crippen molar-refractivity contribution >= 4 is 23.9 Å². The van der Waals surface area contributed by atoms with E-state index in [1.807, 2.05) is 0 Å². The van der Waals surface area contributed by atoms with Crippen LogP contribution in [-0.4, -0.2) is 66.7 Å². The number of methoxy groups -OCH3 is 1. The average molecular weight is 409 g/mol. The van der Waals surface area contributed by atoms with Crippen LogP contribution in [0.25, 0.3) is 0 Å². The lowest BCUT2D eigenvalue weighted by Crippen LogP contribution is -2.54. The van der Waals surface area contributed by atoms with E-state index >= 15 is 0 Å². The first-order valence-corrected chi connectivity index (χ1v) is 10.3. The third-order valence-corrected chi connectivity index (χ3v) is 5.77. The van der Waals surface area contributed by atoms with Crippen molar-refractivity contribution in [1.29, 1.82) is 0 Å². The second kappa shape index (κ2) is 8.20. The summed E-state index contributed by atoms with van der Waals surface area (Å²) in [6, 6.07) is -1.60. The maximum atomic E-state index is 13.0. The first kappa shape index (κ1) is 21.4. The van der Waals surface area contributed by atoms with Crippen LogP contribution in [0.5, 0.6) is 0 Å². The van der Waals surface area contributed by atoms with Crippen LogP contribution in [0.1, 0.15) is 46.5 Å². The maximum absolute atomic E-state index is 13.0. The van der Waals surface area contributed by atoms with Gasteiger partial charge in [-0.15, -0.1) is 0 Å². The summed E-state index contributed by atoms with van der Waals surface area (Å²) in [6.07, 6.45) is 2.03. The predicted molar refractivity (Wildman–Crippen MR) is 103 cm³/mol. The van der Waals surface area contributed by atoms with E-state index in [1.54, 1.807) is 20.8 Å². The van der Waals surface area contributed by atoms with Gasteiger partial charge in [-0.3, -0.25) is 14.5 Å². The minimum atomic E-state index is -0.931. The fraction of sp³-hybridized carbons (Fsp3) is 0.800. The lowest BCUT2D eigenvalue weighted by atomic mass is 9.91. The van der Waals surface area contributed by atoms with Crippen molar-refractivity contribution in [2.45, 2.75) is 64.1 Å². The molecule has 3 fully saturated rings. The standard InChI is InChI=1S/C20H31N3O6/c1-20(2,3)29-19(27)23-10-12-8-13(12)15(23)17(25)22-14(18(26)28-4)9-11-6-5-7-21-16(11)24/h11-15H,5-10H2,1-4H3,(H,21,24)(H,22,25)/t11-,12?,13?,14-,15?/m0/s1. The first-order valence-electron chi connectivity index (χ1n) is 10.3. The first-order chi connectivity index (χ1) is 13.6. The van der Waals surface area contributed by atoms with Gasteiger partial charge in [0.1, 0.15) is 17.7 Å². The molecule has 2 N–H and O–H groups in total. The van der Waals surface area contributed by atoms with Crippen molar-refractivity contribution in [3.05, 3.63) is 0 Å². The molecular weight excluding hydrogens is 378 g/mol. The van der Waals surface area contributed by atoms with Gasteiger partial charge >= 0.3 is 12.1 Å². The summed E-state index contributed by atoms with van der Waals surface area (Å²) < 4.78 is 10.3. The molecule has 1 saturated carbocycles. The molecule has 2 aliphatic heterocycles. The highest BCUT2D eigenvalue weighted by Gasteiger charge is 2.58. The van der Waals surface area contributed by atoms with Crippen molar-refractivity contribution in [2.24, 2.45) is 17.8 Å². The van der Waals surface area contributed by atoms with Crippen LogP contribution in [0.3, 0.4) is 0 Å². The fourth-order valence-electron chi connectivity index (χ4n) is 4.27. The van der Waals surface area contributed by atoms with Gasteiger partial charge in [0, 0.05) is 19.0 Å². The van der Waals surface area contributed by atoms with Crippen LogP contribution in [0.4, 0.5) is 4.79 Å². The molecule has 0 aromatic rings. The van der Waals surface area contributed by atoms with Crippen LogP contribution in [0, 0.1) is 17.8 Å². The molecule has 1 aliphatic carbocycles. The fourth-order valence-corrected chi connectivity index (χ4v) is 4.27. The molecule has 9 heteroatoms. The second-order valence-electron chi connectivity index (χ2n) is 9.19. The van der Waals surface area contributed by atoms with Gasteiger partial charge in [0.25, 0.3) is 0 Å². The van der Waals surface area contributed by atoms with Crippen LogP contribution >= 0.6 is 0 Å². The molecular formula is C20H31N3O6. The molecule has 0 aromatic heterocycles. The number of likely N-dealkylation sites (tertiary alicyclic amines) is 1. The molecule has 3 aliphatic rings. The van der Waals surface area contributed by atoms with Crippen molar-refractivity contribution < 1.29 is 28.7 Å². The van der Waals surface area contributed by atoms with Crippen molar-refractivity contribution in [3.8, 4) is 0 Å². The Morgan fingerprint density at radius 2 is 2.03 bits per heavy atom. The topological polar surface area (TPSA) is 114 Å². The van der Waals surface area contributed by atoms with E-state index in [9.17, 15) is 19.2 Å². The van der Waals surface area contributed by atoms with Crippen molar-refractivity contribution in [2.75, 3.05) is 20.2 Å². The molecule has 9 nitrogen and oxygen atoms in total. The van der Waals surface area contributed by atoms with Gasteiger partial charge in [-0.1, -0.05) is 0 Å². The van der Waals surface area contributed by atoms with Crippen LogP contribution < -0.4 is 10.6 Å². The molecule has 29 heavy (non-hydrogen) atoms. The van der Waals surface area contributed by atoms with Gasteiger partial charge in [-0.05, 0) is 58.3 Å². The zero-order valence-electron chi connectivity index (χ0n) is 17.5. The number of rotatable bonds is 5. The Morgan fingerprint density at radius 3 is 2.66 bits per heavy atom. The van der Waals surface area contributed by atoms with Crippen LogP contribution in [0.2, 0.25) is 0 Å². The smallest absolute Gasteiger partial charge is 0.410 e. The number of nitrogens with zero attached hydrogens (tertiary/aromatic N) is 1. The molecule has 3 unspecified atom stereocenters. The van der Waals surface area contributed by atoms with E-state index < -0.39 is 35.7 Å². The van der Waals surface area contributed by atoms with Crippen molar-refractivity contribution in [1.82, 2.24) is 15.5 Å². The normalized spacial score (nSPS) is 29.4. The zero-order chi connectivity index (χ0) is 21.3. The minimum Gasteiger partial charge on any atom is -0.467 e. The summed E-state index contributed by atoms with van der Waals surface area (Å²) in [6.45, 7) is 6.43. The second-order valence-corrected chi connectivity index (χ2v) is 9.19. The molecule has 5 atom stereocenters. The molecule has 3 rings (SSSR count). The minimum absolute atomic E-state index is 0.0822. The van der Waals surface area contributed by atoms with E-state index in [0.717, 1.165) is 12.8 Å². The van der Waals surface area contributed by atoms with Crippen molar-refractivity contribution in [3.63, 3.8) is 0 Å². The molecule has 0 radical (unpaired) electrons. The largest absolute Gasteiger partial charge is 0.467 e. The van der Waals surface area contributed by atoms with Crippen LogP contribution in [-0.2, 0) is 23.9 Å². The summed E-state index contributed by atoms with van der Waals surface area (Å²) in [7, 11) is 1.25. The SMILES string of the molecule is COC(=O)[C@H](C[C@@H]1CCCNC1=O)NC(=O)C1C2CC2CN1C(=O)OC(C)(C)C. The van der Waals surface area contributed by atoms with E-state index in [2.05, 4.69) is 10.6 Å². The number of amides is 3. The molecule has 0 spiro atoms. The molecule has 2 saturated heterocycles. The molecule has 0 bridgehead atoms. The number of carbonyl (C=O) groups is 4. The number of ether oxygens (including phenoxy) is 2. The Labute approximate surface area is 170 Å². The van der Waals surface area contributed by atoms with Gasteiger partial charge in [0.15, 0.2) is 0 Å². The van der Waals surface area contributed by atoms with E-state index in [1.165, 1.54) is 12.0 Å².